The monoisotopic (exact) mass is 426 g/mol. The molecule has 0 radical (unpaired) electrons. The first-order chi connectivity index (χ1) is 14.5. The molecule has 0 spiro atoms. The van der Waals surface area contributed by atoms with E-state index < -0.39 is 0 Å². The standard InChI is InChI=1S/C24H31N3O2S/c1-4-6-20(12-13-25-3)18(2)15-19-8-10-22(11-9-19)27-14-5-7-21(16-27)24(29)26-23(28)17-30/h4,6,8-13,15,21,25,30H,1,5,7,14,16-17H2,2-3H3,(H,26,28,29)/p+1/b13-12-,18-15+,20-6+. The van der Waals surface area contributed by atoms with Crippen molar-refractivity contribution in [3.8, 4) is 0 Å². The molecule has 6 heteroatoms. The minimum atomic E-state index is -0.344. The normalized spacial score (nSPS) is 17.8. The van der Waals surface area contributed by atoms with Crippen LogP contribution in [-0.2, 0) is 9.59 Å². The van der Waals surface area contributed by atoms with Crippen molar-refractivity contribution in [1.82, 2.24) is 5.32 Å². The molecule has 3 N–H and O–H groups in total. The molecule has 1 aromatic rings. The number of piperidine rings is 1. The fourth-order valence-corrected chi connectivity index (χ4v) is 3.54. The molecule has 1 atom stereocenters. The molecule has 0 aliphatic carbocycles. The fraction of sp³-hybridized carbons (Fsp3) is 0.333. The molecule has 0 aromatic heterocycles. The highest BCUT2D eigenvalue weighted by atomic mass is 32.1. The van der Waals surface area contributed by atoms with Crippen LogP contribution < -0.4 is 15.5 Å². The minimum Gasteiger partial charge on any atom is -0.371 e. The first-order valence-electron chi connectivity index (χ1n) is 10.3. The van der Waals surface area contributed by atoms with E-state index in [2.05, 4.69) is 72.8 Å². The molecule has 1 saturated heterocycles. The Morgan fingerprint density at radius 2 is 2.07 bits per heavy atom. The van der Waals surface area contributed by atoms with E-state index in [9.17, 15) is 9.59 Å². The minimum absolute atomic E-state index is 0.0206. The zero-order valence-electron chi connectivity index (χ0n) is 17.8. The number of allylic oxidation sites excluding steroid dienone is 5. The van der Waals surface area contributed by atoms with E-state index in [0.717, 1.165) is 41.8 Å². The van der Waals surface area contributed by atoms with Crippen molar-refractivity contribution >= 4 is 36.2 Å². The number of nitrogens with one attached hydrogen (secondary N) is 1. The van der Waals surface area contributed by atoms with Crippen LogP contribution >= 0.6 is 12.6 Å². The van der Waals surface area contributed by atoms with Gasteiger partial charge in [-0.2, -0.15) is 12.6 Å². The number of quaternary nitrogens is 1. The lowest BCUT2D eigenvalue weighted by atomic mass is 9.96. The van der Waals surface area contributed by atoms with Gasteiger partial charge < -0.3 is 10.2 Å². The predicted octanol–water partition coefficient (Wildman–Crippen LogP) is 2.70. The molecule has 1 unspecified atom stereocenters. The lowest BCUT2D eigenvalue weighted by Crippen LogP contribution is -2.72. The third-order valence-electron chi connectivity index (χ3n) is 5.06. The van der Waals surface area contributed by atoms with Gasteiger partial charge in [-0.15, -0.1) is 0 Å². The van der Waals surface area contributed by atoms with E-state index in [-0.39, 0.29) is 23.5 Å². The van der Waals surface area contributed by atoms with Crippen LogP contribution in [0.15, 0.2) is 66.4 Å². The summed E-state index contributed by atoms with van der Waals surface area (Å²) in [7, 11) is 1.99. The molecular formula is C24H32N3O2S+. The highest BCUT2D eigenvalue weighted by Crippen LogP contribution is 2.25. The van der Waals surface area contributed by atoms with E-state index in [1.807, 2.05) is 24.6 Å². The smallest absolute Gasteiger partial charge is 0.236 e. The first-order valence-corrected chi connectivity index (χ1v) is 10.9. The summed E-state index contributed by atoms with van der Waals surface area (Å²) >= 11 is 3.91. The van der Waals surface area contributed by atoms with Crippen LogP contribution in [0.3, 0.4) is 0 Å². The Bertz CT molecular complexity index is 841. The van der Waals surface area contributed by atoms with Gasteiger partial charge in [0.2, 0.25) is 11.8 Å². The fourth-order valence-electron chi connectivity index (χ4n) is 3.46. The molecule has 2 amide bonds. The van der Waals surface area contributed by atoms with Gasteiger partial charge in [0.05, 0.1) is 24.9 Å². The second-order valence-corrected chi connectivity index (χ2v) is 7.64. The van der Waals surface area contributed by atoms with Gasteiger partial charge in [-0.05, 0) is 54.7 Å². The number of hydrogen-bond acceptors (Lipinski definition) is 4. The van der Waals surface area contributed by atoms with E-state index >= 15 is 0 Å². The van der Waals surface area contributed by atoms with Gasteiger partial charge >= 0.3 is 0 Å². The molecule has 1 aliphatic heterocycles. The van der Waals surface area contributed by atoms with Crippen LogP contribution in [0.4, 0.5) is 5.69 Å². The van der Waals surface area contributed by atoms with Crippen molar-refractivity contribution in [2.75, 3.05) is 30.8 Å². The molecule has 1 aromatic carbocycles. The number of carbonyl (C=O) groups excluding carboxylic acids is 2. The largest absolute Gasteiger partial charge is 0.371 e. The van der Waals surface area contributed by atoms with Crippen LogP contribution in [0.2, 0.25) is 0 Å². The topological polar surface area (TPSA) is 66.0 Å². The maximum absolute atomic E-state index is 12.3. The summed E-state index contributed by atoms with van der Waals surface area (Å²) in [6, 6.07) is 8.36. The molecule has 0 bridgehead atoms. The van der Waals surface area contributed by atoms with Gasteiger partial charge in [0.15, 0.2) is 0 Å². The summed E-state index contributed by atoms with van der Waals surface area (Å²) in [5, 5.41) is 4.43. The van der Waals surface area contributed by atoms with Crippen molar-refractivity contribution < 1.29 is 14.9 Å². The van der Waals surface area contributed by atoms with Crippen LogP contribution in [-0.4, -0.2) is 37.7 Å². The maximum Gasteiger partial charge on any atom is 0.236 e. The molecular weight excluding hydrogens is 394 g/mol. The number of carbonyl (C=O) groups is 2. The Hall–Kier alpha value is -2.57. The Labute approximate surface area is 185 Å². The van der Waals surface area contributed by atoms with Crippen LogP contribution in [0.1, 0.15) is 25.3 Å². The Morgan fingerprint density at radius 3 is 2.70 bits per heavy atom. The van der Waals surface area contributed by atoms with Crippen molar-refractivity contribution in [2.24, 2.45) is 5.92 Å². The average Bonchev–Trinajstić information content (AvgIpc) is 2.77. The third-order valence-corrected chi connectivity index (χ3v) is 5.35. The van der Waals surface area contributed by atoms with E-state index in [4.69, 9.17) is 0 Å². The van der Waals surface area contributed by atoms with Gasteiger partial charge in [-0.1, -0.05) is 36.9 Å². The SMILES string of the molecule is C=C/C=C(\C=C/[NH2+]C)C(/C)=C/c1ccc(N2CCCC(C(=O)NC(=O)CS)C2)cc1. The summed E-state index contributed by atoms with van der Waals surface area (Å²) in [4.78, 5) is 25.9. The molecule has 2 rings (SSSR count). The van der Waals surface area contributed by atoms with Crippen LogP contribution in [0, 0.1) is 5.92 Å². The van der Waals surface area contributed by atoms with Gasteiger partial charge in [0.25, 0.3) is 0 Å². The second-order valence-electron chi connectivity index (χ2n) is 7.32. The van der Waals surface area contributed by atoms with Gasteiger partial charge in [0.1, 0.15) is 0 Å². The highest BCUT2D eigenvalue weighted by Gasteiger charge is 2.26. The first kappa shape index (κ1) is 23.7. The molecule has 30 heavy (non-hydrogen) atoms. The van der Waals surface area contributed by atoms with Crippen LogP contribution in [0.5, 0.6) is 0 Å². The molecule has 160 valence electrons. The predicted molar refractivity (Wildman–Crippen MR) is 127 cm³/mol. The Kier molecular flexibility index (Phi) is 9.64. The molecule has 1 aliphatic rings. The van der Waals surface area contributed by atoms with E-state index in [0.29, 0.717) is 6.54 Å². The molecule has 0 saturated carbocycles. The van der Waals surface area contributed by atoms with Crippen molar-refractivity contribution in [3.05, 3.63) is 72.0 Å². The molecule has 1 heterocycles. The number of hydrogen-bond donors (Lipinski definition) is 3. The van der Waals surface area contributed by atoms with Gasteiger partial charge in [-0.25, -0.2) is 0 Å². The van der Waals surface area contributed by atoms with Crippen LogP contribution in [0.25, 0.3) is 6.08 Å². The number of nitrogens with zero attached hydrogens (tertiary/aromatic N) is 1. The number of nitrogens with two attached hydrogens (primary N) is 1. The van der Waals surface area contributed by atoms with Crippen molar-refractivity contribution in [2.45, 2.75) is 19.8 Å². The lowest BCUT2D eigenvalue weighted by molar-refractivity contribution is -0.556. The maximum atomic E-state index is 12.3. The zero-order valence-corrected chi connectivity index (χ0v) is 18.7. The molecule has 1 fully saturated rings. The summed E-state index contributed by atoms with van der Waals surface area (Å²) in [5.41, 5.74) is 4.48. The second kappa shape index (κ2) is 12.2. The average molecular weight is 427 g/mol. The quantitative estimate of drug-likeness (QED) is 0.442. The van der Waals surface area contributed by atoms with E-state index in [1.54, 1.807) is 6.08 Å². The Morgan fingerprint density at radius 1 is 1.33 bits per heavy atom. The zero-order chi connectivity index (χ0) is 21.9. The van der Waals surface area contributed by atoms with Gasteiger partial charge in [0, 0.05) is 18.8 Å². The van der Waals surface area contributed by atoms with Crippen molar-refractivity contribution in [3.63, 3.8) is 0 Å². The van der Waals surface area contributed by atoms with Crippen molar-refractivity contribution in [1.29, 1.82) is 0 Å². The number of imide groups is 1. The van der Waals surface area contributed by atoms with E-state index in [1.165, 1.54) is 0 Å². The number of benzene rings is 1. The number of rotatable bonds is 8. The summed E-state index contributed by atoms with van der Waals surface area (Å²) in [5.74, 6) is -0.707. The lowest BCUT2D eigenvalue weighted by Gasteiger charge is -2.33. The summed E-state index contributed by atoms with van der Waals surface area (Å²) < 4.78 is 0. The Balaban J connectivity index is 2.08. The summed E-state index contributed by atoms with van der Waals surface area (Å²) in [6.07, 6.45) is 11.7. The highest BCUT2D eigenvalue weighted by molar-refractivity contribution is 7.81. The van der Waals surface area contributed by atoms with Gasteiger partial charge in [-0.3, -0.25) is 14.9 Å². The summed E-state index contributed by atoms with van der Waals surface area (Å²) in [6.45, 7) is 7.40. The third kappa shape index (κ3) is 7.04. The molecule has 5 nitrogen and oxygen atoms in total. The number of amides is 2. The number of thiol groups is 1. The number of anilines is 1.